The van der Waals surface area contributed by atoms with E-state index < -0.39 is 0 Å². The second-order valence-electron chi connectivity index (χ2n) is 2.40. The van der Waals surface area contributed by atoms with Crippen LogP contribution in [0.4, 0.5) is 5.82 Å². The number of nitrogens with zero attached hydrogens (tertiary/aromatic N) is 2. The van der Waals surface area contributed by atoms with Crippen molar-refractivity contribution in [2.75, 3.05) is 0 Å². The minimum Gasteiger partial charge on any atom is -0.390 e. The number of fused-ring (bicyclic) bond motifs is 1. The zero-order valence-corrected chi connectivity index (χ0v) is 6.36. The van der Waals surface area contributed by atoms with Gasteiger partial charge in [0.15, 0.2) is 0 Å². The van der Waals surface area contributed by atoms with Crippen LogP contribution in [0.5, 0.6) is 0 Å². The van der Waals surface area contributed by atoms with Crippen molar-refractivity contribution in [1.29, 1.82) is 0 Å². The molecule has 60 valence electrons. The third kappa shape index (κ3) is 1.03. The molecule has 0 aromatic carbocycles. The molecule has 0 radical (unpaired) electrons. The summed E-state index contributed by atoms with van der Waals surface area (Å²) in [5, 5.41) is 1.04. The van der Waals surface area contributed by atoms with Gasteiger partial charge in [0.05, 0.1) is 11.9 Å². The first-order valence-corrected chi connectivity index (χ1v) is 3.57. The molecule has 4 nitrogen and oxygen atoms in total. The van der Waals surface area contributed by atoms with E-state index >= 15 is 0 Å². The predicted molar refractivity (Wildman–Crippen MR) is 48.4 cm³/mol. The summed E-state index contributed by atoms with van der Waals surface area (Å²) in [7, 11) is 0. The quantitative estimate of drug-likeness (QED) is 0.486. The van der Waals surface area contributed by atoms with E-state index in [1.54, 1.807) is 12.4 Å². The lowest BCUT2D eigenvalue weighted by atomic mass is 10.3. The maximum Gasteiger partial charge on any atom is 0.132 e. The Bertz CT molecular complexity index is 383. The molecule has 0 aliphatic rings. The Morgan fingerprint density at radius 1 is 1.58 bits per heavy atom. The van der Waals surface area contributed by atoms with E-state index in [2.05, 4.69) is 15.0 Å². The van der Waals surface area contributed by atoms with E-state index in [1.807, 2.05) is 12.1 Å². The van der Waals surface area contributed by atoms with E-state index in [0.29, 0.717) is 0 Å². The first-order valence-electron chi connectivity index (χ1n) is 3.57. The molecule has 0 unspecified atom stereocenters. The van der Waals surface area contributed by atoms with Crippen LogP contribution in [0.3, 0.4) is 0 Å². The monoisotopic (exact) mass is 160 g/mol. The molecule has 0 saturated heterocycles. The molecule has 3 N–H and O–H groups in total. The number of H-pyrrole nitrogens is 1. The molecule has 0 aliphatic carbocycles. The first kappa shape index (κ1) is 6.84. The van der Waals surface area contributed by atoms with Gasteiger partial charge in [0.1, 0.15) is 5.82 Å². The first-order chi connectivity index (χ1) is 5.90. The van der Waals surface area contributed by atoms with Crippen LogP contribution in [-0.4, -0.2) is 16.3 Å². The van der Waals surface area contributed by atoms with Gasteiger partial charge in [-0.2, -0.15) is 0 Å². The maximum atomic E-state index is 5.16. The Kier molecular flexibility index (Phi) is 1.51. The second-order valence-corrected chi connectivity index (χ2v) is 2.40. The Morgan fingerprint density at radius 3 is 3.25 bits per heavy atom. The van der Waals surface area contributed by atoms with Gasteiger partial charge in [0.25, 0.3) is 0 Å². The van der Waals surface area contributed by atoms with E-state index in [4.69, 9.17) is 5.73 Å². The summed E-state index contributed by atoms with van der Waals surface area (Å²) < 4.78 is 0. The molecule has 12 heavy (non-hydrogen) atoms. The zero-order valence-electron chi connectivity index (χ0n) is 6.36. The van der Waals surface area contributed by atoms with Gasteiger partial charge in [-0.15, -0.1) is 0 Å². The maximum absolute atomic E-state index is 5.16. The number of nitrogens with one attached hydrogen (secondary N) is 1. The number of hydrogen-bond donors (Lipinski definition) is 2. The van der Waals surface area contributed by atoms with Crippen LogP contribution in [0.25, 0.3) is 10.9 Å². The molecular formula is C8H8N4. The molecule has 2 aromatic heterocycles. The highest BCUT2D eigenvalue weighted by Gasteiger charge is 1.96. The van der Waals surface area contributed by atoms with E-state index in [-0.39, 0.29) is 0 Å². The molecule has 0 atom stereocenters. The summed E-state index contributed by atoms with van der Waals surface area (Å²) in [5.41, 5.74) is 6.17. The van der Waals surface area contributed by atoms with Crippen molar-refractivity contribution in [1.82, 2.24) is 9.97 Å². The number of pyridine rings is 1. The Balaban J connectivity index is 2.62. The highest BCUT2D eigenvalue weighted by atomic mass is 14.9. The Hall–Kier alpha value is -1.84. The summed E-state index contributed by atoms with van der Waals surface area (Å²) in [5.74, 6) is 0.750. The van der Waals surface area contributed by atoms with Crippen LogP contribution < -0.4 is 5.73 Å². The van der Waals surface area contributed by atoms with Crippen LogP contribution >= 0.6 is 0 Å². The smallest absolute Gasteiger partial charge is 0.132 e. The average molecular weight is 160 g/mol. The molecule has 2 rings (SSSR count). The molecule has 2 aromatic rings. The van der Waals surface area contributed by atoms with Gasteiger partial charge in [0.2, 0.25) is 0 Å². The SMILES string of the molecule is N/C=N\c1cc2cnccc2[nH]1. The van der Waals surface area contributed by atoms with E-state index in [0.717, 1.165) is 16.7 Å². The summed E-state index contributed by atoms with van der Waals surface area (Å²) in [6.45, 7) is 0. The van der Waals surface area contributed by atoms with Gasteiger partial charge >= 0.3 is 0 Å². The fourth-order valence-electron chi connectivity index (χ4n) is 1.11. The number of aliphatic imine (C=N–C) groups is 1. The van der Waals surface area contributed by atoms with Crippen LogP contribution in [0.15, 0.2) is 29.5 Å². The van der Waals surface area contributed by atoms with Crippen molar-refractivity contribution in [2.45, 2.75) is 0 Å². The number of nitrogens with two attached hydrogens (primary N) is 1. The minimum absolute atomic E-state index is 0.750. The molecule has 0 amide bonds. The lowest BCUT2D eigenvalue weighted by Gasteiger charge is -1.83. The molecule has 0 aliphatic heterocycles. The molecule has 0 saturated carbocycles. The summed E-state index contributed by atoms with van der Waals surface area (Å²) in [4.78, 5) is 11.0. The fourth-order valence-corrected chi connectivity index (χ4v) is 1.11. The van der Waals surface area contributed by atoms with Crippen molar-refractivity contribution in [3.8, 4) is 0 Å². The molecule has 0 fully saturated rings. The lowest BCUT2D eigenvalue weighted by molar-refractivity contribution is 1.34. The predicted octanol–water partition coefficient (Wildman–Crippen LogP) is 1.18. The van der Waals surface area contributed by atoms with Gasteiger partial charge in [0, 0.05) is 17.8 Å². The van der Waals surface area contributed by atoms with Crippen molar-refractivity contribution in [2.24, 2.45) is 10.7 Å². The summed E-state index contributed by atoms with van der Waals surface area (Å²) in [6.07, 6.45) is 4.77. The van der Waals surface area contributed by atoms with Crippen molar-refractivity contribution in [3.63, 3.8) is 0 Å². The second kappa shape index (κ2) is 2.65. The average Bonchev–Trinajstić information content (AvgIpc) is 2.47. The third-order valence-corrected chi connectivity index (χ3v) is 1.62. The molecular weight excluding hydrogens is 152 g/mol. The largest absolute Gasteiger partial charge is 0.390 e. The van der Waals surface area contributed by atoms with Gasteiger partial charge in [-0.05, 0) is 12.1 Å². The molecule has 0 spiro atoms. The summed E-state index contributed by atoms with van der Waals surface area (Å²) in [6, 6.07) is 3.79. The lowest BCUT2D eigenvalue weighted by Crippen LogP contribution is -1.85. The van der Waals surface area contributed by atoms with Crippen LogP contribution in [-0.2, 0) is 0 Å². The normalized spacial score (nSPS) is 11.3. The third-order valence-electron chi connectivity index (χ3n) is 1.62. The fraction of sp³-hybridized carbons (Fsp3) is 0. The highest BCUT2D eigenvalue weighted by molar-refractivity contribution is 5.82. The van der Waals surface area contributed by atoms with Crippen molar-refractivity contribution < 1.29 is 0 Å². The van der Waals surface area contributed by atoms with Gasteiger partial charge in [-0.1, -0.05) is 0 Å². The van der Waals surface area contributed by atoms with Crippen LogP contribution in [0.1, 0.15) is 0 Å². The number of aromatic nitrogens is 2. The van der Waals surface area contributed by atoms with Gasteiger partial charge in [-0.25, -0.2) is 4.99 Å². The number of aromatic amines is 1. The van der Waals surface area contributed by atoms with Crippen LogP contribution in [0, 0.1) is 0 Å². The zero-order chi connectivity index (χ0) is 8.39. The number of rotatable bonds is 1. The highest BCUT2D eigenvalue weighted by Crippen LogP contribution is 2.18. The van der Waals surface area contributed by atoms with Crippen molar-refractivity contribution >= 4 is 23.1 Å². The Labute approximate surface area is 69.1 Å². The topological polar surface area (TPSA) is 67.1 Å². The van der Waals surface area contributed by atoms with Gasteiger partial charge < -0.3 is 10.7 Å². The standard InChI is InChI=1S/C8H8N4/c9-5-11-8-3-6-4-10-2-1-7(6)12-8/h1-5,12H,(H2,9,11). The summed E-state index contributed by atoms with van der Waals surface area (Å²) >= 11 is 0. The Morgan fingerprint density at radius 2 is 2.50 bits per heavy atom. The molecule has 2 heterocycles. The molecule has 0 bridgehead atoms. The number of hydrogen-bond acceptors (Lipinski definition) is 2. The van der Waals surface area contributed by atoms with Crippen molar-refractivity contribution in [3.05, 3.63) is 24.5 Å². The van der Waals surface area contributed by atoms with E-state index in [1.165, 1.54) is 6.34 Å². The van der Waals surface area contributed by atoms with Crippen LogP contribution in [0.2, 0.25) is 0 Å². The van der Waals surface area contributed by atoms with E-state index in [9.17, 15) is 0 Å². The van der Waals surface area contributed by atoms with Gasteiger partial charge in [-0.3, -0.25) is 4.98 Å². The molecule has 4 heteroatoms. The minimum atomic E-state index is 0.750.